The highest BCUT2D eigenvalue weighted by Crippen LogP contribution is 2.24. The van der Waals surface area contributed by atoms with Crippen LogP contribution in [0.15, 0.2) is 109 Å². The van der Waals surface area contributed by atoms with Gasteiger partial charge in [0.1, 0.15) is 24.7 Å². The lowest BCUT2D eigenvalue weighted by Gasteiger charge is -2.10. The fraction of sp³-hybridized carbons (Fsp3) is 0.111. The van der Waals surface area contributed by atoms with Gasteiger partial charge >= 0.3 is 0 Å². The molecule has 4 rings (SSSR count). The minimum absolute atomic E-state index is 0.427. The summed E-state index contributed by atoms with van der Waals surface area (Å²) in [6, 6.07) is 34.6. The van der Waals surface area contributed by atoms with E-state index in [1.165, 1.54) is 0 Å². The van der Waals surface area contributed by atoms with Crippen LogP contribution in [0.4, 0.5) is 11.4 Å². The monoisotopic (exact) mass is 410 g/mol. The molecule has 0 spiro atoms. The number of nitrogens with zero attached hydrogens (tertiary/aromatic N) is 1. The van der Waals surface area contributed by atoms with Crippen molar-refractivity contribution in [3.05, 3.63) is 120 Å². The summed E-state index contributed by atoms with van der Waals surface area (Å²) in [7, 11) is 0. The second kappa shape index (κ2) is 10.3. The molecule has 0 bridgehead atoms. The van der Waals surface area contributed by atoms with E-state index in [0.29, 0.717) is 13.2 Å². The first-order valence-corrected chi connectivity index (χ1v) is 10.2. The summed E-state index contributed by atoms with van der Waals surface area (Å²) in [5.41, 5.74) is 3.50. The van der Waals surface area contributed by atoms with Crippen molar-refractivity contribution in [2.24, 2.45) is 0 Å². The first-order valence-electron chi connectivity index (χ1n) is 10.2. The molecular formula is C27H24NO3+. The molecule has 0 fully saturated rings. The maximum atomic E-state index is 10.5. The van der Waals surface area contributed by atoms with Crippen LogP contribution < -0.4 is 14.8 Å². The smallest absolute Gasteiger partial charge is 0.276 e. The van der Waals surface area contributed by atoms with Crippen LogP contribution in [0.5, 0.6) is 11.5 Å². The fourth-order valence-corrected chi connectivity index (χ4v) is 3.16. The van der Waals surface area contributed by atoms with Gasteiger partial charge in [-0.1, -0.05) is 48.5 Å². The third kappa shape index (κ3) is 5.87. The number of benzene rings is 4. The molecule has 0 saturated carbocycles. The normalized spacial score (nSPS) is 11.5. The van der Waals surface area contributed by atoms with Gasteiger partial charge in [0.05, 0.1) is 11.4 Å². The van der Waals surface area contributed by atoms with Crippen molar-refractivity contribution in [3.63, 3.8) is 0 Å². The van der Waals surface area contributed by atoms with Gasteiger partial charge in [-0.3, -0.25) is 0 Å². The highest BCUT2D eigenvalue weighted by atomic mass is 16.5. The minimum atomic E-state index is -0.643. The summed E-state index contributed by atoms with van der Waals surface area (Å²) in [6.07, 6.45) is -0.643. The zero-order valence-electron chi connectivity index (χ0n) is 17.1. The van der Waals surface area contributed by atoms with Crippen LogP contribution in [0.1, 0.15) is 17.2 Å². The van der Waals surface area contributed by atoms with Gasteiger partial charge in [-0.25, -0.2) is 5.32 Å². The molecule has 31 heavy (non-hydrogen) atoms. The first-order chi connectivity index (χ1) is 15.3. The molecule has 0 aromatic heterocycles. The van der Waals surface area contributed by atoms with Gasteiger partial charge in [-0.2, -0.15) is 0 Å². The first kappa shape index (κ1) is 20.5. The van der Waals surface area contributed by atoms with Crippen LogP contribution in [0.25, 0.3) is 0 Å². The average Bonchev–Trinajstić information content (AvgIpc) is 2.84. The third-order valence-electron chi connectivity index (χ3n) is 4.78. The molecule has 4 aromatic carbocycles. The van der Waals surface area contributed by atoms with E-state index in [4.69, 9.17) is 9.47 Å². The molecule has 1 atom stereocenters. The molecule has 4 heteroatoms. The third-order valence-corrected chi connectivity index (χ3v) is 4.78. The molecule has 1 unspecified atom stereocenters. The van der Waals surface area contributed by atoms with Crippen LogP contribution in [0.3, 0.4) is 0 Å². The molecule has 4 nitrogen and oxygen atoms in total. The van der Waals surface area contributed by atoms with Crippen LogP contribution >= 0.6 is 0 Å². The lowest BCUT2D eigenvalue weighted by molar-refractivity contribution is 0.214. The summed E-state index contributed by atoms with van der Waals surface area (Å²) >= 11 is 0. The lowest BCUT2D eigenvalue weighted by Crippen LogP contribution is -2.09. The van der Waals surface area contributed by atoms with Gasteiger partial charge in [-0.05, 0) is 60.7 Å². The average molecular weight is 410 g/mol. The van der Waals surface area contributed by atoms with E-state index in [2.05, 4.69) is 5.32 Å². The van der Waals surface area contributed by atoms with E-state index in [0.717, 1.165) is 34.0 Å². The van der Waals surface area contributed by atoms with Crippen LogP contribution in [-0.2, 0) is 0 Å². The Labute approximate surface area is 182 Å². The van der Waals surface area contributed by atoms with Gasteiger partial charge in [-0.15, -0.1) is 5.11 Å². The zero-order valence-corrected chi connectivity index (χ0v) is 17.1. The molecule has 0 aliphatic heterocycles. The van der Waals surface area contributed by atoms with Gasteiger partial charge < -0.3 is 9.47 Å². The number of ether oxygens (including phenoxy) is 2. The molecule has 4 aromatic rings. The van der Waals surface area contributed by atoms with Crippen LogP contribution in [0.2, 0.25) is 0 Å². The molecule has 2 radical (unpaired) electrons. The van der Waals surface area contributed by atoms with E-state index < -0.39 is 6.10 Å². The van der Waals surface area contributed by atoms with Crippen molar-refractivity contribution in [3.8, 4) is 11.5 Å². The fourth-order valence-electron chi connectivity index (χ4n) is 3.16. The highest BCUT2D eigenvalue weighted by Gasteiger charge is 2.18. The second-order valence-corrected chi connectivity index (χ2v) is 7.02. The number of hydrogen-bond donors (Lipinski definition) is 0. The van der Waals surface area contributed by atoms with E-state index >= 15 is 0 Å². The van der Waals surface area contributed by atoms with Crippen molar-refractivity contribution in [1.82, 2.24) is 5.32 Å². The van der Waals surface area contributed by atoms with Crippen molar-refractivity contribution < 1.29 is 14.6 Å². The van der Waals surface area contributed by atoms with E-state index in [1.54, 1.807) is 0 Å². The molecule has 0 aliphatic carbocycles. The van der Waals surface area contributed by atoms with Gasteiger partial charge in [0.15, 0.2) is 0 Å². The van der Waals surface area contributed by atoms with Crippen LogP contribution in [0, 0.1) is 0 Å². The summed E-state index contributed by atoms with van der Waals surface area (Å²) in [5, 5.41) is 15.0. The van der Waals surface area contributed by atoms with Gasteiger partial charge in [0.25, 0.3) is 6.10 Å². The molecule has 0 amide bonds. The van der Waals surface area contributed by atoms with Crippen molar-refractivity contribution in [2.75, 3.05) is 13.2 Å². The Morgan fingerprint density at radius 1 is 0.548 bits per heavy atom. The summed E-state index contributed by atoms with van der Waals surface area (Å²) in [5.74, 6) is 1.52. The van der Waals surface area contributed by atoms with Crippen molar-refractivity contribution in [2.45, 2.75) is 6.10 Å². The minimum Gasteiger partial charge on any atom is -0.490 e. The van der Waals surface area contributed by atoms with Crippen LogP contribution in [-0.4, -0.2) is 18.3 Å². The van der Waals surface area contributed by atoms with Crippen molar-refractivity contribution >= 4 is 11.4 Å². The Morgan fingerprint density at radius 2 is 1.00 bits per heavy atom. The Hall–Kier alpha value is -3.76. The number of rotatable bonds is 9. The Morgan fingerprint density at radius 3 is 1.58 bits per heavy atom. The maximum Gasteiger partial charge on any atom is 0.276 e. The summed E-state index contributed by atoms with van der Waals surface area (Å²) in [4.78, 5) is 0. The molecule has 0 aliphatic rings. The predicted molar refractivity (Wildman–Crippen MR) is 122 cm³/mol. The number of hydrogen-bond acceptors (Lipinski definition) is 3. The molecule has 154 valence electrons. The summed E-state index contributed by atoms with van der Waals surface area (Å²) < 4.78 is 11.5. The number of aliphatic hydroxyl groups is 1. The molecule has 0 heterocycles. The molecule has 1 N–H and O–H groups in total. The standard InChI is InChI=1S/C27H24NO3/c29-27(21-7-3-1-4-8-21)22-11-15-25(16-12-22)30-19-20-31-26-17-13-24(14-18-26)28-23-9-5-2-6-10-23/h1-18,27,29H,19-20H2/q+1. The highest BCUT2D eigenvalue weighted by molar-refractivity contribution is 5.49. The lowest BCUT2D eigenvalue weighted by atomic mass is 10.0. The van der Waals surface area contributed by atoms with E-state index in [1.807, 2.05) is 109 Å². The van der Waals surface area contributed by atoms with Gasteiger partial charge in [0, 0.05) is 11.1 Å². The topological polar surface area (TPSA) is 54.0 Å². The number of para-hydroxylation sites is 1. The quantitative estimate of drug-likeness (QED) is 0.259. The zero-order chi connectivity index (χ0) is 21.3. The molecular weight excluding hydrogens is 386 g/mol. The largest absolute Gasteiger partial charge is 0.490 e. The van der Waals surface area contributed by atoms with Gasteiger partial charge in [0.2, 0.25) is 0 Å². The van der Waals surface area contributed by atoms with E-state index in [9.17, 15) is 5.11 Å². The molecule has 0 saturated heterocycles. The SMILES string of the molecule is [OH+]C(c1ccccc1)c1ccc(OCCOc2ccc([N]c3ccccc3)cc2)cc1. The Bertz CT molecular complexity index is 1050. The van der Waals surface area contributed by atoms with Crippen molar-refractivity contribution in [1.29, 1.82) is 0 Å². The van der Waals surface area contributed by atoms with E-state index in [-0.39, 0.29) is 0 Å². The maximum absolute atomic E-state index is 10.5. The Kier molecular flexibility index (Phi) is 6.83. The Balaban J connectivity index is 1.22. The summed E-state index contributed by atoms with van der Waals surface area (Å²) in [6.45, 7) is 0.861. The number of aliphatic hydroxyl groups excluding tert-OH is 1. The second-order valence-electron chi connectivity index (χ2n) is 7.02. The predicted octanol–water partition coefficient (Wildman–Crippen LogP) is 5.79.